The number of aromatic nitrogens is 1. The molecular weight excluding hydrogens is 302 g/mol. The van der Waals surface area contributed by atoms with E-state index >= 15 is 0 Å². The van der Waals surface area contributed by atoms with Crippen LogP contribution in [0.5, 0.6) is 0 Å². The molecule has 1 fully saturated rings. The summed E-state index contributed by atoms with van der Waals surface area (Å²) in [6.07, 6.45) is 4.35. The summed E-state index contributed by atoms with van der Waals surface area (Å²) in [5.74, 6) is 1.97. The number of guanidine groups is 1. The Bertz CT molecular complexity index is 524. The lowest BCUT2D eigenvalue weighted by atomic mass is 10.1. The molecule has 0 saturated carbocycles. The average Bonchev–Trinajstić information content (AvgIpc) is 2.60. The first kappa shape index (κ1) is 18.5. The first-order valence-electron chi connectivity index (χ1n) is 8.91. The van der Waals surface area contributed by atoms with Crippen molar-refractivity contribution in [3.05, 3.63) is 23.9 Å². The van der Waals surface area contributed by atoms with Crippen molar-refractivity contribution in [1.29, 1.82) is 0 Å². The highest BCUT2D eigenvalue weighted by atomic mass is 16.5. The van der Waals surface area contributed by atoms with Gasteiger partial charge in [-0.15, -0.1) is 0 Å². The van der Waals surface area contributed by atoms with Crippen molar-refractivity contribution in [1.82, 2.24) is 15.2 Å². The van der Waals surface area contributed by atoms with Gasteiger partial charge in [0.2, 0.25) is 0 Å². The second kappa shape index (κ2) is 9.47. The zero-order chi connectivity index (χ0) is 17.4. The number of rotatable bonds is 6. The number of hydrogen-bond donors (Lipinski definition) is 1. The normalized spacial score (nSPS) is 16.3. The molecule has 24 heavy (non-hydrogen) atoms. The van der Waals surface area contributed by atoms with Gasteiger partial charge in [0, 0.05) is 52.1 Å². The van der Waals surface area contributed by atoms with Crippen LogP contribution in [0.4, 0.5) is 5.82 Å². The van der Waals surface area contributed by atoms with Gasteiger partial charge in [-0.25, -0.2) is 9.98 Å². The summed E-state index contributed by atoms with van der Waals surface area (Å²) >= 11 is 0. The van der Waals surface area contributed by atoms with Gasteiger partial charge in [0.15, 0.2) is 5.96 Å². The van der Waals surface area contributed by atoms with Crippen LogP contribution in [0, 0.1) is 0 Å². The summed E-state index contributed by atoms with van der Waals surface area (Å²) in [5, 5.41) is 3.42. The van der Waals surface area contributed by atoms with Crippen molar-refractivity contribution in [2.45, 2.75) is 39.3 Å². The zero-order valence-electron chi connectivity index (χ0n) is 15.5. The molecule has 0 spiro atoms. The number of piperidine rings is 1. The second-order valence-electron chi connectivity index (χ2n) is 6.19. The van der Waals surface area contributed by atoms with Gasteiger partial charge in [-0.2, -0.15) is 0 Å². The van der Waals surface area contributed by atoms with Crippen LogP contribution in [-0.2, 0) is 11.3 Å². The van der Waals surface area contributed by atoms with Gasteiger partial charge in [0.05, 0.1) is 12.6 Å². The minimum Gasteiger partial charge on any atom is -0.378 e. The van der Waals surface area contributed by atoms with Gasteiger partial charge < -0.3 is 19.9 Å². The Labute approximate surface area is 145 Å². The molecule has 1 aliphatic heterocycles. The van der Waals surface area contributed by atoms with Gasteiger partial charge in [0.25, 0.3) is 0 Å². The quantitative estimate of drug-likeness (QED) is 0.638. The number of likely N-dealkylation sites (tertiary alicyclic amines) is 1. The fourth-order valence-corrected chi connectivity index (χ4v) is 3.01. The third-order valence-corrected chi connectivity index (χ3v) is 4.17. The van der Waals surface area contributed by atoms with E-state index in [4.69, 9.17) is 9.73 Å². The maximum Gasteiger partial charge on any atom is 0.194 e. The van der Waals surface area contributed by atoms with Crippen LogP contribution in [-0.4, -0.2) is 62.3 Å². The lowest BCUT2D eigenvalue weighted by molar-refractivity contribution is 0.0263. The number of nitrogens with zero attached hydrogens (tertiary/aromatic N) is 4. The van der Waals surface area contributed by atoms with Gasteiger partial charge in [-0.3, -0.25) is 0 Å². The molecule has 0 amide bonds. The predicted molar refractivity (Wildman–Crippen MR) is 99.6 cm³/mol. The Hall–Kier alpha value is -1.82. The van der Waals surface area contributed by atoms with Crippen LogP contribution in [0.1, 0.15) is 32.3 Å². The van der Waals surface area contributed by atoms with Crippen molar-refractivity contribution >= 4 is 11.8 Å². The molecule has 0 bridgehead atoms. The molecular formula is C18H31N5O. The fourth-order valence-electron chi connectivity index (χ4n) is 3.01. The number of nitrogens with one attached hydrogen (secondary N) is 1. The van der Waals surface area contributed by atoms with E-state index in [1.54, 1.807) is 0 Å². The van der Waals surface area contributed by atoms with Crippen LogP contribution < -0.4 is 10.2 Å². The third-order valence-electron chi connectivity index (χ3n) is 4.17. The summed E-state index contributed by atoms with van der Waals surface area (Å²) in [5.41, 5.74) is 1.14. The SMILES string of the molecule is CCNC(=NCc1cccnc1N(C)C)N1CCC(OCC)CC1. The largest absolute Gasteiger partial charge is 0.378 e. The smallest absolute Gasteiger partial charge is 0.194 e. The van der Waals surface area contributed by atoms with Gasteiger partial charge in [-0.1, -0.05) is 6.07 Å². The van der Waals surface area contributed by atoms with E-state index in [1.807, 2.05) is 31.3 Å². The van der Waals surface area contributed by atoms with Gasteiger partial charge in [-0.05, 0) is 32.8 Å². The van der Waals surface area contributed by atoms with E-state index in [1.165, 1.54) is 0 Å². The Morgan fingerprint density at radius 2 is 2.12 bits per heavy atom. The van der Waals surface area contributed by atoms with Crippen molar-refractivity contribution in [2.75, 3.05) is 45.2 Å². The fraction of sp³-hybridized carbons (Fsp3) is 0.667. The molecule has 2 rings (SSSR count). The van der Waals surface area contributed by atoms with Crippen LogP contribution >= 0.6 is 0 Å². The number of pyridine rings is 1. The molecule has 1 aliphatic rings. The summed E-state index contributed by atoms with van der Waals surface area (Å²) in [7, 11) is 4.03. The van der Waals surface area contributed by atoms with Crippen LogP contribution in [0.3, 0.4) is 0 Å². The lowest BCUT2D eigenvalue weighted by Crippen LogP contribution is -2.47. The molecule has 0 atom stereocenters. The van der Waals surface area contributed by atoms with Crippen LogP contribution in [0.15, 0.2) is 23.3 Å². The average molecular weight is 333 g/mol. The number of hydrogen-bond acceptors (Lipinski definition) is 4. The van der Waals surface area contributed by atoms with E-state index in [0.717, 1.165) is 56.4 Å². The second-order valence-corrected chi connectivity index (χ2v) is 6.19. The van der Waals surface area contributed by atoms with Gasteiger partial charge >= 0.3 is 0 Å². The van der Waals surface area contributed by atoms with Crippen LogP contribution in [0.2, 0.25) is 0 Å². The van der Waals surface area contributed by atoms with Crippen molar-refractivity contribution in [2.24, 2.45) is 4.99 Å². The molecule has 0 radical (unpaired) electrons. The highest BCUT2D eigenvalue weighted by Crippen LogP contribution is 2.17. The van der Waals surface area contributed by atoms with Crippen molar-refractivity contribution in [3.8, 4) is 0 Å². The molecule has 0 unspecified atom stereocenters. The molecule has 0 aliphatic carbocycles. The predicted octanol–water partition coefficient (Wildman–Crippen LogP) is 2.11. The van der Waals surface area contributed by atoms with E-state index in [-0.39, 0.29) is 0 Å². The highest BCUT2D eigenvalue weighted by Gasteiger charge is 2.21. The van der Waals surface area contributed by atoms with Gasteiger partial charge in [0.1, 0.15) is 5.82 Å². The minimum absolute atomic E-state index is 0.396. The van der Waals surface area contributed by atoms with Crippen LogP contribution in [0.25, 0.3) is 0 Å². The summed E-state index contributed by atoms with van der Waals surface area (Å²) < 4.78 is 5.74. The maximum atomic E-state index is 5.74. The Morgan fingerprint density at radius 3 is 2.75 bits per heavy atom. The number of aliphatic imine (C=N–C) groups is 1. The molecule has 1 aromatic heterocycles. The molecule has 1 aromatic rings. The Balaban J connectivity index is 2.04. The van der Waals surface area contributed by atoms with E-state index < -0.39 is 0 Å². The maximum absolute atomic E-state index is 5.74. The first-order valence-corrected chi connectivity index (χ1v) is 8.91. The standard InChI is InChI=1S/C18H31N5O/c1-5-19-18(23-12-9-16(10-13-23)24-6-2)21-14-15-8-7-11-20-17(15)22(3)4/h7-8,11,16H,5-6,9-10,12-14H2,1-4H3,(H,19,21). The zero-order valence-corrected chi connectivity index (χ0v) is 15.5. The van der Waals surface area contributed by atoms with E-state index in [9.17, 15) is 0 Å². The molecule has 1 N–H and O–H groups in total. The van der Waals surface area contributed by atoms with Crippen molar-refractivity contribution < 1.29 is 4.74 Å². The molecule has 134 valence electrons. The Kier molecular flexibility index (Phi) is 7.31. The molecule has 6 heteroatoms. The minimum atomic E-state index is 0.396. The molecule has 1 saturated heterocycles. The highest BCUT2D eigenvalue weighted by molar-refractivity contribution is 5.80. The number of ether oxygens (including phenoxy) is 1. The van der Waals surface area contributed by atoms with Crippen molar-refractivity contribution in [3.63, 3.8) is 0 Å². The summed E-state index contributed by atoms with van der Waals surface area (Å²) in [6.45, 7) is 8.46. The monoisotopic (exact) mass is 333 g/mol. The molecule has 6 nitrogen and oxygen atoms in total. The Morgan fingerprint density at radius 1 is 1.38 bits per heavy atom. The summed E-state index contributed by atoms with van der Waals surface area (Å²) in [6, 6.07) is 4.06. The number of anilines is 1. The lowest BCUT2D eigenvalue weighted by Gasteiger charge is -2.34. The van der Waals surface area contributed by atoms with E-state index in [2.05, 4.69) is 35.1 Å². The molecule has 0 aromatic carbocycles. The topological polar surface area (TPSA) is 53.0 Å². The first-order chi connectivity index (χ1) is 11.7. The van der Waals surface area contributed by atoms with E-state index in [0.29, 0.717) is 12.6 Å². The molecule has 2 heterocycles. The third kappa shape index (κ3) is 5.09. The summed E-state index contributed by atoms with van der Waals surface area (Å²) in [4.78, 5) is 13.7.